The van der Waals surface area contributed by atoms with Gasteiger partial charge in [-0.15, -0.1) is 0 Å². The van der Waals surface area contributed by atoms with Crippen LogP contribution in [0.5, 0.6) is 0 Å². The summed E-state index contributed by atoms with van der Waals surface area (Å²) in [6, 6.07) is 5.21. The summed E-state index contributed by atoms with van der Waals surface area (Å²) in [6.45, 7) is 4.13. The third-order valence-electron chi connectivity index (χ3n) is 5.25. The molecule has 30 heavy (non-hydrogen) atoms. The van der Waals surface area contributed by atoms with Gasteiger partial charge in [0, 0.05) is 38.3 Å². The van der Waals surface area contributed by atoms with Crippen molar-refractivity contribution in [1.82, 2.24) is 15.5 Å². The van der Waals surface area contributed by atoms with Crippen molar-refractivity contribution < 1.29 is 33.7 Å². The van der Waals surface area contributed by atoms with E-state index >= 15 is 0 Å². The predicted octanol–water partition coefficient (Wildman–Crippen LogP) is -1.12. The number of benzene rings is 1. The molecule has 0 aromatic heterocycles. The Morgan fingerprint density at radius 3 is 2.60 bits per heavy atom. The molecule has 1 aromatic carbocycles. The fourth-order valence-electron chi connectivity index (χ4n) is 3.52. The van der Waals surface area contributed by atoms with Gasteiger partial charge >= 0.3 is 0 Å². The van der Waals surface area contributed by atoms with Crippen molar-refractivity contribution in [2.75, 3.05) is 45.9 Å². The molecule has 9 nitrogen and oxygen atoms in total. The molecule has 0 spiro atoms. The van der Waals surface area contributed by atoms with Gasteiger partial charge in [0.05, 0.1) is 25.7 Å². The largest absolute Gasteiger partial charge is 0.388 e. The first-order valence-electron chi connectivity index (χ1n) is 10.1. The van der Waals surface area contributed by atoms with Gasteiger partial charge in [0.25, 0.3) is 5.91 Å². The summed E-state index contributed by atoms with van der Waals surface area (Å²) in [4.78, 5) is 26.4. The third-order valence-corrected chi connectivity index (χ3v) is 5.25. The number of aliphatic hydroxyl groups is 2. The molecular weight excluding hydrogens is 397 g/mol. The van der Waals surface area contributed by atoms with Crippen LogP contribution >= 0.6 is 0 Å². The Labute approximate surface area is 174 Å². The molecule has 0 bridgehead atoms. The van der Waals surface area contributed by atoms with Crippen molar-refractivity contribution in [2.45, 2.75) is 30.8 Å². The van der Waals surface area contributed by atoms with Crippen LogP contribution in [-0.4, -0.2) is 97.3 Å². The first-order chi connectivity index (χ1) is 14.4. The Hall–Kier alpha value is -2.11. The fourth-order valence-corrected chi connectivity index (χ4v) is 3.52. The molecular formula is C20H28FN3O6. The zero-order valence-corrected chi connectivity index (χ0v) is 16.6. The lowest BCUT2D eigenvalue weighted by atomic mass is 10.1. The quantitative estimate of drug-likeness (QED) is 0.417. The Kier molecular flexibility index (Phi) is 8.11. The van der Waals surface area contributed by atoms with Gasteiger partial charge < -0.3 is 30.3 Å². The molecule has 10 heteroatoms. The highest BCUT2D eigenvalue weighted by Crippen LogP contribution is 2.23. The second kappa shape index (κ2) is 10.8. The predicted molar refractivity (Wildman–Crippen MR) is 104 cm³/mol. The van der Waals surface area contributed by atoms with Gasteiger partial charge in [-0.3, -0.25) is 14.5 Å². The van der Waals surface area contributed by atoms with E-state index in [-0.39, 0.29) is 24.4 Å². The summed E-state index contributed by atoms with van der Waals surface area (Å²) in [6.07, 6.45) is -4.34. The number of rotatable bonds is 8. The molecule has 2 amide bonds. The summed E-state index contributed by atoms with van der Waals surface area (Å²) in [5.74, 6) is -1.34. The van der Waals surface area contributed by atoms with Gasteiger partial charge in [-0.1, -0.05) is 6.07 Å². The molecule has 4 N–H and O–H groups in total. The zero-order chi connectivity index (χ0) is 21.5. The summed E-state index contributed by atoms with van der Waals surface area (Å²) in [5.41, 5.74) is 0.138. The van der Waals surface area contributed by atoms with E-state index in [2.05, 4.69) is 15.5 Å². The van der Waals surface area contributed by atoms with E-state index in [0.717, 1.165) is 19.2 Å². The van der Waals surface area contributed by atoms with Crippen LogP contribution in [0, 0.1) is 5.82 Å². The molecule has 0 unspecified atom stereocenters. The standard InChI is InChI=1S/C20H28FN3O6/c21-14-3-1-2-13(10-14)20(28)23-12-16-19(27)18(26)15(30-16)11-17(25)22-4-5-24-6-8-29-9-7-24/h1-3,10,15-16,18-19,26-27H,4-9,11-12H2,(H,22,25)(H,23,28)/t15-,16-,18-,19+/m0/s1. The molecule has 2 saturated heterocycles. The van der Waals surface area contributed by atoms with Gasteiger partial charge in [-0.05, 0) is 18.2 Å². The van der Waals surface area contributed by atoms with Crippen LogP contribution in [0.2, 0.25) is 0 Å². The summed E-state index contributed by atoms with van der Waals surface area (Å²) >= 11 is 0. The van der Waals surface area contributed by atoms with Gasteiger partial charge in [-0.2, -0.15) is 0 Å². The van der Waals surface area contributed by atoms with Crippen LogP contribution in [0.3, 0.4) is 0 Å². The Balaban J connectivity index is 1.40. The number of hydrogen-bond acceptors (Lipinski definition) is 7. The number of morpholine rings is 1. The number of ether oxygens (including phenoxy) is 2. The maximum Gasteiger partial charge on any atom is 0.251 e. The van der Waals surface area contributed by atoms with E-state index in [4.69, 9.17) is 9.47 Å². The van der Waals surface area contributed by atoms with Crippen LogP contribution in [0.15, 0.2) is 24.3 Å². The topological polar surface area (TPSA) is 120 Å². The lowest BCUT2D eigenvalue weighted by Crippen LogP contribution is -2.42. The first kappa shape index (κ1) is 22.6. The van der Waals surface area contributed by atoms with Crippen LogP contribution < -0.4 is 10.6 Å². The maximum absolute atomic E-state index is 13.2. The van der Waals surface area contributed by atoms with Crippen molar-refractivity contribution in [2.24, 2.45) is 0 Å². The van der Waals surface area contributed by atoms with E-state index in [1.165, 1.54) is 18.2 Å². The second-order valence-corrected chi connectivity index (χ2v) is 7.42. The van der Waals surface area contributed by atoms with Crippen LogP contribution in [0.1, 0.15) is 16.8 Å². The number of aliphatic hydroxyl groups excluding tert-OH is 2. The van der Waals surface area contributed by atoms with Crippen molar-refractivity contribution in [3.63, 3.8) is 0 Å². The van der Waals surface area contributed by atoms with E-state index < -0.39 is 36.1 Å². The average Bonchev–Trinajstić information content (AvgIpc) is 3.00. The number of amides is 2. The minimum Gasteiger partial charge on any atom is -0.388 e. The van der Waals surface area contributed by atoms with E-state index in [1.54, 1.807) is 0 Å². The number of hydrogen-bond donors (Lipinski definition) is 4. The molecule has 1 aromatic rings. The van der Waals surface area contributed by atoms with Crippen LogP contribution in [-0.2, 0) is 14.3 Å². The molecule has 2 heterocycles. The maximum atomic E-state index is 13.2. The highest BCUT2D eigenvalue weighted by molar-refractivity contribution is 5.94. The van der Waals surface area contributed by atoms with Crippen molar-refractivity contribution >= 4 is 11.8 Å². The molecule has 166 valence electrons. The average molecular weight is 425 g/mol. The zero-order valence-electron chi connectivity index (χ0n) is 16.6. The van der Waals surface area contributed by atoms with Crippen LogP contribution in [0.4, 0.5) is 4.39 Å². The number of carbonyl (C=O) groups excluding carboxylic acids is 2. The number of nitrogens with zero attached hydrogens (tertiary/aromatic N) is 1. The summed E-state index contributed by atoms with van der Waals surface area (Å²) < 4.78 is 24.1. The highest BCUT2D eigenvalue weighted by Gasteiger charge is 2.43. The van der Waals surface area contributed by atoms with E-state index in [9.17, 15) is 24.2 Å². The van der Waals surface area contributed by atoms with E-state index in [1.807, 2.05) is 0 Å². The van der Waals surface area contributed by atoms with Gasteiger partial charge in [0.2, 0.25) is 5.91 Å². The van der Waals surface area contributed by atoms with Crippen LogP contribution in [0.25, 0.3) is 0 Å². The number of halogens is 1. The second-order valence-electron chi connectivity index (χ2n) is 7.42. The highest BCUT2D eigenvalue weighted by atomic mass is 19.1. The summed E-state index contributed by atoms with van der Waals surface area (Å²) in [7, 11) is 0. The molecule has 2 aliphatic heterocycles. The van der Waals surface area contributed by atoms with Gasteiger partial charge in [-0.25, -0.2) is 4.39 Å². The minimum atomic E-state index is -1.25. The minimum absolute atomic E-state index is 0.0806. The Bertz CT molecular complexity index is 730. The molecule has 0 aliphatic carbocycles. The van der Waals surface area contributed by atoms with Crippen molar-refractivity contribution in [1.29, 1.82) is 0 Å². The molecule has 0 saturated carbocycles. The van der Waals surface area contributed by atoms with Gasteiger partial charge in [0.15, 0.2) is 0 Å². The molecule has 0 radical (unpaired) electrons. The monoisotopic (exact) mass is 425 g/mol. The molecule has 3 rings (SSSR count). The fraction of sp³-hybridized carbons (Fsp3) is 0.600. The first-order valence-corrected chi connectivity index (χ1v) is 10.1. The lowest BCUT2D eigenvalue weighted by molar-refractivity contribution is -0.125. The molecule has 2 fully saturated rings. The van der Waals surface area contributed by atoms with E-state index in [0.29, 0.717) is 26.3 Å². The molecule has 4 atom stereocenters. The Morgan fingerprint density at radius 2 is 1.87 bits per heavy atom. The summed E-state index contributed by atoms with van der Waals surface area (Å²) in [5, 5.41) is 25.7. The lowest BCUT2D eigenvalue weighted by Gasteiger charge is -2.26. The smallest absolute Gasteiger partial charge is 0.251 e. The van der Waals surface area contributed by atoms with Gasteiger partial charge in [0.1, 0.15) is 24.1 Å². The Morgan fingerprint density at radius 1 is 1.13 bits per heavy atom. The number of carbonyl (C=O) groups is 2. The number of nitrogens with one attached hydrogen (secondary N) is 2. The third kappa shape index (κ3) is 6.19. The van der Waals surface area contributed by atoms with Crippen molar-refractivity contribution in [3.05, 3.63) is 35.6 Å². The normalized spacial score (nSPS) is 27.0. The SMILES string of the molecule is O=C(C[C@@H]1O[C@@H](CNC(=O)c2cccc(F)c2)[C@@H](O)[C@H]1O)NCCN1CCOCC1. The van der Waals surface area contributed by atoms with Crippen molar-refractivity contribution in [3.8, 4) is 0 Å². The molecule has 2 aliphatic rings.